The van der Waals surface area contributed by atoms with Crippen molar-refractivity contribution in [3.05, 3.63) is 59.2 Å². The Kier molecular flexibility index (Phi) is 5.26. The number of carbonyl (C=O) groups excluding carboxylic acids is 1. The summed E-state index contributed by atoms with van der Waals surface area (Å²) in [5, 5.41) is 4.83. The van der Waals surface area contributed by atoms with E-state index in [9.17, 15) is 17.6 Å². The molecule has 1 amide bonds. The number of hydrogen-bond donors (Lipinski definition) is 1. The number of benzene rings is 2. The fraction of sp³-hybridized carbons (Fsp3) is 0.227. The molecule has 2 aliphatic rings. The van der Waals surface area contributed by atoms with Crippen LogP contribution in [0, 0.1) is 5.82 Å². The molecule has 0 saturated carbocycles. The average Bonchev–Trinajstić information content (AvgIpc) is 3.11. The predicted octanol–water partition coefficient (Wildman–Crippen LogP) is 4.68. The van der Waals surface area contributed by atoms with Crippen LogP contribution in [0.5, 0.6) is 0 Å². The van der Waals surface area contributed by atoms with Gasteiger partial charge in [-0.1, -0.05) is 6.42 Å². The molecular formula is C22H19FN4O3S2. The molecule has 1 N–H and O–H groups in total. The van der Waals surface area contributed by atoms with Crippen molar-refractivity contribution in [2.75, 3.05) is 16.8 Å². The maximum Gasteiger partial charge on any atom is 0.286 e. The highest BCUT2D eigenvalue weighted by Crippen LogP contribution is 2.35. The maximum absolute atomic E-state index is 13.1. The van der Waals surface area contributed by atoms with Gasteiger partial charge in [-0.3, -0.25) is 10.1 Å². The van der Waals surface area contributed by atoms with Gasteiger partial charge in [0.05, 0.1) is 11.4 Å². The Balaban J connectivity index is 1.40. The molecule has 0 unspecified atom stereocenters. The van der Waals surface area contributed by atoms with E-state index in [2.05, 4.69) is 14.7 Å². The molecule has 0 aliphatic carbocycles. The Labute approximate surface area is 188 Å². The molecular weight excluding hydrogens is 451 g/mol. The molecule has 1 saturated heterocycles. The number of thiazole rings is 1. The standard InChI is InChI=1S/C22H19FN4O3S2/c23-16-8-5-14(6-9-16)17-13-31-22(24-17)25-21(28)15-7-10-18-19(12-15)32(29,30)26-20-4-2-1-3-11-27(18)20/h5-10,12-13H,1-4,11H2,(H,24,25,28). The van der Waals surface area contributed by atoms with Crippen LogP contribution in [0.3, 0.4) is 0 Å². The highest BCUT2D eigenvalue weighted by Gasteiger charge is 2.32. The monoisotopic (exact) mass is 470 g/mol. The van der Waals surface area contributed by atoms with E-state index in [0.717, 1.165) is 24.8 Å². The number of halogens is 1. The average molecular weight is 471 g/mol. The summed E-state index contributed by atoms with van der Waals surface area (Å²) in [7, 11) is -3.87. The highest BCUT2D eigenvalue weighted by atomic mass is 32.2. The minimum absolute atomic E-state index is 0.0435. The SMILES string of the molecule is O=C(Nc1nc(-c2ccc(F)cc2)cs1)c1ccc2c(c1)S(=O)(=O)N=C1CCCCCN12. The Morgan fingerprint density at radius 1 is 1.09 bits per heavy atom. The largest absolute Gasteiger partial charge is 0.328 e. The van der Waals surface area contributed by atoms with Crippen molar-refractivity contribution in [3.63, 3.8) is 0 Å². The fourth-order valence-electron chi connectivity index (χ4n) is 3.87. The molecule has 0 atom stereocenters. The van der Waals surface area contributed by atoms with E-state index in [-0.39, 0.29) is 16.3 Å². The third-order valence-corrected chi connectivity index (χ3v) is 7.57. The first-order chi connectivity index (χ1) is 15.4. The number of fused-ring (bicyclic) bond motifs is 3. The number of sulfonamides is 1. The molecule has 0 radical (unpaired) electrons. The highest BCUT2D eigenvalue weighted by molar-refractivity contribution is 7.90. The summed E-state index contributed by atoms with van der Waals surface area (Å²) in [4.78, 5) is 19.2. The van der Waals surface area contributed by atoms with Crippen molar-refractivity contribution in [3.8, 4) is 11.3 Å². The molecule has 3 aromatic rings. The van der Waals surface area contributed by atoms with Crippen molar-refractivity contribution >= 4 is 43.9 Å². The number of nitrogens with one attached hydrogen (secondary N) is 1. The van der Waals surface area contributed by atoms with E-state index in [0.29, 0.717) is 35.3 Å². The predicted molar refractivity (Wildman–Crippen MR) is 122 cm³/mol. The number of anilines is 2. The molecule has 0 bridgehead atoms. The minimum atomic E-state index is -3.87. The number of rotatable bonds is 3. The van der Waals surface area contributed by atoms with Crippen LogP contribution in [0.4, 0.5) is 15.2 Å². The first-order valence-corrected chi connectivity index (χ1v) is 12.5. The Hall–Kier alpha value is -3.11. The van der Waals surface area contributed by atoms with Gasteiger partial charge >= 0.3 is 0 Å². The smallest absolute Gasteiger partial charge is 0.286 e. The maximum atomic E-state index is 13.1. The van der Waals surface area contributed by atoms with Crippen LogP contribution >= 0.6 is 11.3 Å². The van der Waals surface area contributed by atoms with Crippen LogP contribution < -0.4 is 10.2 Å². The molecule has 2 aliphatic heterocycles. The zero-order valence-electron chi connectivity index (χ0n) is 16.9. The van der Waals surface area contributed by atoms with E-state index in [1.54, 1.807) is 29.6 Å². The molecule has 7 nitrogen and oxygen atoms in total. The van der Waals surface area contributed by atoms with Gasteiger partial charge in [-0.2, -0.15) is 8.42 Å². The second-order valence-corrected chi connectivity index (χ2v) is 10.1. The third-order valence-electron chi connectivity index (χ3n) is 5.47. The molecule has 0 spiro atoms. The Morgan fingerprint density at radius 3 is 2.72 bits per heavy atom. The van der Waals surface area contributed by atoms with Crippen LogP contribution in [-0.2, 0) is 10.0 Å². The lowest BCUT2D eigenvalue weighted by molar-refractivity contribution is 0.102. The number of aromatic nitrogens is 1. The van der Waals surface area contributed by atoms with Gasteiger partial charge in [-0.25, -0.2) is 9.37 Å². The van der Waals surface area contributed by atoms with Gasteiger partial charge < -0.3 is 4.90 Å². The van der Waals surface area contributed by atoms with Gasteiger partial charge in [0, 0.05) is 29.5 Å². The molecule has 164 valence electrons. The Bertz CT molecular complexity index is 1330. The van der Waals surface area contributed by atoms with Gasteiger partial charge in [0.2, 0.25) is 0 Å². The number of nitrogens with zero attached hydrogens (tertiary/aromatic N) is 3. The van der Waals surface area contributed by atoms with Crippen LogP contribution in [0.15, 0.2) is 57.1 Å². The molecule has 3 heterocycles. The summed E-state index contributed by atoms with van der Waals surface area (Å²) in [5.74, 6) is -0.228. The summed E-state index contributed by atoms with van der Waals surface area (Å²) in [6.07, 6.45) is 3.52. The summed E-state index contributed by atoms with van der Waals surface area (Å²) in [6.45, 7) is 0.707. The summed E-state index contributed by atoms with van der Waals surface area (Å²) in [6, 6.07) is 10.6. The molecule has 1 aromatic heterocycles. The third kappa shape index (κ3) is 3.91. The van der Waals surface area contributed by atoms with Crippen molar-refractivity contribution in [2.45, 2.75) is 30.6 Å². The van der Waals surface area contributed by atoms with Crippen LogP contribution in [-0.4, -0.2) is 31.7 Å². The quantitative estimate of drug-likeness (QED) is 0.600. The van der Waals surface area contributed by atoms with Crippen molar-refractivity contribution < 1.29 is 17.6 Å². The van der Waals surface area contributed by atoms with Gasteiger partial charge in [0.15, 0.2) is 5.13 Å². The molecule has 1 fully saturated rings. The second kappa shape index (κ2) is 8.10. The number of amides is 1. The van der Waals surface area contributed by atoms with Crippen LogP contribution in [0.2, 0.25) is 0 Å². The zero-order chi connectivity index (χ0) is 22.3. The number of carbonyl (C=O) groups is 1. The van der Waals surface area contributed by atoms with E-state index in [4.69, 9.17) is 0 Å². The van der Waals surface area contributed by atoms with Gasteiger partial charge in [-0.05, 0) is 55.3 Å². The summed E-state index contributed by atoms with van der Waals surface area (Å²) in [5.41, 5.74) is 2.12. The lowest BCUT2D eigenvalue weighted by Crippen LogP contribution is -2.35. The summed E-state index contributed by atoms with van der Waals surface area (Å²) < 4.78 is 42.7. The lowest BCUT2D eigenvalue weighted by Gasteiger charge is -2.29. The van der Waals surface area contributed by atoms with Gasteiger partial charge in [0.25, 0.3) is 15.9 Å². The molecule has 10 heteroatoms. The Morgan fingerprint density at radius 2 is 1.91 bits per heavy atom. The van der Waals surface area contributed by atoms with Crippen LogP contribution in [0.25, 0.3) is 11.3 Å². The number of amidine groups is 1. The first-order valence-electron chi connectivity index (χ1n) is 10.2. The van der Waals surface area contributed by atoms with E-state index in [1.165, 1.54) is 29.5 Å². The van der Waals surface area contributed by atoms with Gasteiger partial charge in [0.1, 0.15) is 16.5 Å². The lowest BCUT2D eigenvalue weighted by atomic mass is 10.1. The zero-order valence-corrected chi connectivity index (χ0v) is 18.5. The topological polar surface area (TPSA) is 91.7 Å². The van der Waals surface area contributed by atoms with Crippen molar-refractivity contribution in [1.82, 2.24) is 4.98 Å². The van der Waals surface area contributed by atoms with Crippen LogP contribution in [0.1, 0.15) is 36.0 Å². The molecule has 2 aromatic carbocycles. The summed E-state index contributed by atoms with van der Waals surface area (Å²) >= 11 is 1.23. The first kappa shape index (κ1) is 20.8. The number of hydrogen-bond acceptors (Lipinski definition) is 6. The van der Waals surface area contributed by atoms with E-state index < -0.39 is 15.9 Å². The molecule has 32 heavy (non-hydrogen) atoms. The molecule has 5 rings (SSSR count). The fourth-order valence-corrected chi connectivity index (χ4v) is 5.87. The van der Waals surface area contributed by atoms with E-state index in [1.807, 2.05) is 4.90 Å². The van der Waals surface area contributed by atoms with Crippen molar-refractivity contribution in [2.24, 2.45) is 4.40 Å². The van der Waals surface area contributed by atoms with Gasteiger partial charge in [-0.15, -0.1) is 15.7 Å². The van der Waals surface area contributed by atoms with E-state index >= 15 is 0 Å². The minimum Gasteiger partial charge on any atom is -0.328 e. The normalized spacial score (nSPS) is 17.0. The second-order valence-electron chi connectivity index (χ2n) is 7.63. The van der Waals surface area contributed by atoms with Crippen molar-refractivity contribution in [1.29, 1.82) is 0 Å².